The van der Waals surface area contributed by atoms with Gasteiger partial charge in [0, 0.05) is 38.5 Å². The summed E-state index contributed by atoms with van der Waals surface area (Å²) in [5, 5.41) is 17.8. The number of rotatable bonds is 37. The lowest BCUT2D eigenvalue weighted by Gasteiger charge is -2.18. The van der Waals surface area contributed by atoms with Gasteiger partial charge in [-0.25, -0.2) is 4.68 Å². The molecule has 0 fully saturated rings. The molecule has 0 aromatic carbocycles. The van der Waals surface area contributed by atoms with Crippen molar-refractivity contribution >= 4 is 17.7 Å². The number of hydrogen-bond acceptors (Lipinski definition) is 9. The van der Waals surface area contributed by atoms with Crippen molar-refractivity contribution in [3.05, 3.63) is 11.9 Å². The van der Waals surface area contributed by atoms with E-state index in [-0.39, 0.29) is 37.3 Å². The Hall–Kier alpha value is -2.33. The minimum atomic E-state index is -0.681. The zero-order valence-electron chi connectivity index (χ0n) is 37.8. The van der Waals surface area contributed by atoms with E-state index in [0.29, 0.717) is 38.0 Å². The molecule has 0 bridgehead atoms. The van der Waals surface area contributed by atoms with Crippen LogP contribution in [-0.4, -0.2) is 69.3 Å². The number of Topliss-reactive ketones (excluding diaryl/α,β-unsaturated/α-hetero) is 1. The number of unbranched alkanes of at least 4 members (excludes halogenated alkanes) is 20. The zero-order chi connectivity index (χ0) is 42.1. The number of aliphatic hydroxyl groups is 1. The van der Waals surface area contributed by atoms with Gasteiger partial charge in [0.15, 0.2) is 11.9 Å². The molecule has 1 aromatic rings. The van der Waals surface area contributed by atoms with Gasteiger partial charge in [-0.2, -0.15) is 0 Å². The molecule has 1 rings (SSSR count). The van der Waals surface area contributed by atoms with Crippen molar-refractivity contribution in [3.8, 4) is 0 Å². The molecule has 330 valence electrons. The van der Waals surface area contributed by atoms with Crippen molar-refractivity contribution in [3.63, 3.8) is 0 Å². The predicted molar refractivity (Wildman–Crippen MR) is 231 cm³/mol. The summed E-state index contributed by atoms with van der Waals surface area (Å²) in [6, 6.07) is 0. The summed E-state index contributed by atoms with van der Waals surface area (Å²) in [6.07, 6.45) is 28.5. The number of hydrogen-bond donors (Lipinski definition) is 1. The topological polar surface area (TPSA) is 130 Å². The number of ketones is 1. The highest BCUT2D eigenvalue weighted by Crippen LogP contribution is 2.15. The predicted octanol–water partition coefficient (Wildman–Crippen LogP) is 11.9. The SMILES string of the molecule is CC.CC.CCCCCCCCCCCCCC(=O)OCC(Cn1cc(CCC(=O)C(C)OCCC(C)O)nn1)OC(=O)CCCCCCCCCCCCC. The van der Waals surface area contributed by atoms with Gasteiger partial charge in [0.05, 0.1) is 18.3 Å². The van der Waals surface area contributed by atoms with E-state index in [4.69, 9.17) is 14.2 Å². The molecule has 0 aliphatic rings. The first-order valence-corrected chi connectivity index (χ1v) is 23.3. The Bertz CT molecular complexity index is 1020. The van der Waals surface area contributed by atoms with Crippen molar-refractivity contribution in [1.82, 2.24) is 15.0 Å². The smallest absolute Gasteiger partial charge is 0.306 e. The fourth-order valence-electron chi connectivity index (χ4n) is 6.21. The summed E-state index contributed by atoms with van der Waals surface area (Å²) < 4.78 is 18.5. The molecule has 1 aromatic heterocycles. The molecule has 1 N–H and O–H groups in total. The molecule has 0 aliphatic heterocycles. The van der Waals surface area contributed by atoms with Crippen molar-refractivity contribution in [1.29, 1.82) is 0 Å². The van der Waals surface area contributed by atoms with Gasteiger partial charge in [0.1, 0.15) is 12.7 Å². The Balaban J connectivity index is 0. The van der Waals surface area contributed by atoms with Crippen molar-refractivity contribution in [2.75, 3.05) is 13.2 Å². The number of carbonyl (C=O) groups is 3. The first kappa shape index (κ1) is 55.8. The Morgan fingerprint density at radius 3 is 1.57 bits per heavy atom. The van der Waals surface area contributed by atoms with Crippen molar-refractivity contribution in [2.24, 2.45) is 0 Å². The Labute approximate surface area is 344 Å². The maximum absolute atomic E-state index is 12.8. The van der Waals surface area contributed by atoms with Gasteiger partial charge in [-0.15, -0.1) is 5.10 Å². The molecule has 0 radical (unpaired) electrons. The fourth-order valence-corrected chi connectivity index (χ4v) is 6.21. The van der Waals surface area contributed by atoms with E-state index < -0.39 is 18.3 Å². The first-order valence-electron chi connectivity index (χ1n) is 23.3. The lowest BCUT2D eigenvalue weighted by Crippen LogP contribution is -2.30. The van der Waals surface area contributed by atoms with Crippen molar-refractivity contribution in [2.45, 2.75) is 254 Å². The van der Waals surface area contributed by atoms with Crippen LogP contribution in [-0.2, 0) is 41.6 Å². The van der Waals surface area contributed by atoms with Crippen LogP contribution in [0.5, 0.6) is 0 Å². The molecule has 0 saturated heterocycles. The van der Waals surface area contributed by atoms with Crippen LogP contribution in [0.15, 0.2) is 6.20 Å². The molecular weight excluding hydrogens is 707 g/mol. The number of nitrogens with zero attached hydrogens (tertiary/aromatic N) is 3. The van der Waals surface area contributed by atoms with Crippen LogP contribution in [0.3, 0.4) is 0 Å². The number of aromatic nitrogens is 3. The van der Waals surface area contributed by atoms with Gasteiger partial charge >= 0.3 is 11.9 Å². The molecule has 3 atom stereocenters. The summed E-state index contributed by atoms with van der Waals surface area (Å²) in [7, 11) is 0. The van der Waals surface area contributed by atoms with Crippen LogP contribution < -0.4 is 0 Å². The molecule has 1 heterocycles. The molecule has 10 nitrogen and oxygen atoms in total. The quantitative estimate of drug-likeness (QED) is 0.0516. The second kappa shape index (κ2) is 42.3. The zero-order valence-corrected chi connectivity index (χ0v) is 37.8. The molecule has 3 unspecified atom stereocenters. The van der Waals surface area contributed by atoms with E-state index in [0.717, 1.165) is 38.5 Å². The summed E-state index contributed by atoms with van der Waals surface area (Å²) >= 11 is 0. The van der Waals surface area contributed by atoms with Crippen LogP contribution in [0.4, 0.5) is 0 Å². The Morgan fingerprint density at radius 1 is 0.661 bits per heavy atom. The van der Waals surface area contributed by atoms with Gasteiger partial charge in [-0.05, 0) is 33.1 Å². The number of esters is 2. The Kier molecular flexibility index (Phi) is 42.1. The largest absolute Gasteiger partial charge is 0.462 e. The normalized spacial score (nSPS) is 12.4. The van der Waals surface area contributed by atoms with Gasteiger partial charge < -0.3 is 19.3 Å². The standard InChI is InChI=1S/C42H77N3O7.2C2H6/c1-5-7-9-11-13-15-17-19-21-23-25-27-41(48)51-35-39(52-42(49)28-26-24-22-20-18-16-14-12-10-8-6-2)34-45-33-38(43-44-45)29-30-40(47)37(4)50-32-31-36(3)46;2*1-2/h33,36-37,39,46H,5-32,34-35H2,1-4H3;2*1-2H3. The lowest BCUT2D eigenvalue weighted by atomic mass is 10.1. The average Bonchev–Trinajstić information content (AvgIpc) is 3.65. The summed E-state index contributed by atoms with van der Waals surface area (Å²) in [5.74, 6) is -0.609. The average molecular weight is 796 g/mol. The minimum absolute atomic E-state index is 0.0319. The van der Waals surface area contributed by atoms with Crippen LogP contribution in [0, 0.1) is 0 Å². The molecule has 0 spiro atoms. The highest BCUT2D eigenvalue weighted by Gasteiger charge is 2.20. The molecule has 56 heavy (non-hydrogen) atoms. The van der Waals surface area contributed by atoms with Gasteiger partial charge in [0.25, 0.3) is 0 Å². The molecule has 0 amide bonds. The third-order valence-electron chi connectivity index (χ3n) is 9.66. The second-order valence-electron chi connectivity index (χ2n) is 14.9. The lowest BCUT2D eigenvalue weighted by molar-refractivity contribution is -0.160. The summed E-state index contributed by atoms with van der Waals surface area (Å²) in [6.45, 7) is 16.4. The number of aliphatic hydroxyl groups excluding tert-OH is 1. The van der Waals surface area contributed by atoms with Crippen molar-refractivity contribution < 1.29 is 33.7 Å². The first-order chi connectivity index (χ1) is 27.2. The molecule has 0 saturated carbocycles. The van der Waals surface area contributed by atoms with Crippen LogP contribution in [0.2, 0.25) is 0 Å². The highest BCUT2D eigenvalue weighted by molar-refractivity contribution is 5.82. The van der Waals surface area contributed by atoms with Gasteiger partial charge in [-0.3, -0.25) is 14.4 Å². The third-order valence-corrected chi connectivity index (χ3v) is 9.66. The van der Waals surface area contributed by atoms with E-state index in [1.165, 1.54) is 103 Å². The van der Waals surface area contributed by atoms with Gasteiger partial charge in [-0.1, -0.05) is 175 Å². The van der Waals surface area contributed by atoms with E-state index >= 15 is 0 Å². The maximum atomic E-state index is 12.8. The third kappa shape index (κ3) is 36.0. The Morgan fingerprint density at radius 2 is 1.11 bits per heavy atom. The number of aryl methyl sites for hydroxylation is 1. The highest BCUT2D eigenvalue weighted by atomic mass is 16.6. The van der Waals surface area contributed by atoms with Crippen LogP contribution in [0.1, 0.15) is 228 Å². The molecule has 10 heteroatoms. The second-order valence-corrected chi connectivity index (χ2v) is 14.9. The minimum Gasteiger partial charge on any atom is -0.462 e. The fraction of sp³-hybridized carbons (Fsp3) is 0.891. The van der Waals surface area contributed by atoms with E-state index in [9.17, 15) is 19.5 Å². The number of ether oxygens (including phenoxy) is 3. The summed E-state index contributed by atoms with van der Waals surface area (Å²) in [5.41, 5.74) is 0.643. The van der Waals surface area contributed by atoms with Crippen LogP contribution in [0.25, 0.3) is 0 Å². The van der Waals surface area contributed by atoms with E-state index in [2.05, 4.69) is 24.2 Å². The van der Waals surface area contributed by atoms with Gasteiger partial charge in [0.2, 0.25) is 0 Å². The van der Waals surface area contributed by atoms with Crippen LogP contribution >= 0.6 is 0 Å². The monoisotopic (exact) mass is 796 g/mol. The van der Waals surface area contributed by atoms with E-state index in [1.807, 2.05) is 27.7 Å². The molecular formula is C46H89N3O7. The van der Waals surface area contributed by atoms with E-state index in [1.54, 1.807) is 24.7 Å². The molecule has 0 aliphatic carbocycles. The maximum Gasteiger partial charge on any atom is 0.306 e. The number of carbonyl (C=O) groups excluding carboxylic acids is 3. The summed E-state index contributed by atoms with van der Waals surface area (Å²) in [4.78, 5) is 37.9.